The first-order valence-corrected chi connectivity index (χ1v) is 5.71. The van der Waals surface area contributed by atoms with Gasteiger partial charge in [0.15, 0.2) is 0 Å². The van der Waals surface area contributed by atoms with Crippen LogP contribution in [0.2, 0.25) is 0 Å². The van der Waals surface area contributed by atoms with Gasteiger partial charge < -0.3 is 9.42 Å². The first-order valence-electron chi connectivity index (χ1n) is 2.75. The average molecular weight is 241 g/mol. The van der Waals surface area contributed by atoms with E-state index >= 15 is 0 Å². The van der Waals surface area contributed by atoms with Gasteiger partial charge in [-0.3, -0.25) is 4.57 Å². The summed E-state index contributed by atoms with van der Waals surface area (Å²) in [5, 5.41) is -0.949. The van der Waals surface area contributed by atoms with Gasteiger partial charge in [0, 0.05) is 0 Å². The minimum atomic E-state index is -3.72. The quantitative estimate of drug-likeness (QED) is 0.608. The van der Waals surface area contributed by atoms with Crippen LogP contribution in [0.3, 0.4) is 0 Å². The molecule has 0 aliphatic rings. The molecule has 2 atom stereocenters. The predicted octanol–water partition coefficient (Wildman–Crippen LogP) is 2.58. The van der Waals surface area contributed by atoms with Crippen molar-refractivity contribution >= 4 is 42.4 Å². The Kier molecular flexibility index (Phi) is 5.36. The Balaban J connectivity index is 3.84. The number of alkyl halides is 3. The number of rotatable bonds is 4. The van der Waals surface area contributed by atoms with E-state index in [9.17, 15) is 4.57 Å². The number of halogens is 3. The summed E-state index contributed by atoms with van der Waals surface area (Å²) in [7, 11) is -3.72. The van der Waals surface area contributed by atoms with Gasteiger partial charge in [-0.15, -0.1) is 34.8 Å². The third-order valence-electron chi connectivity index (χ3n) is 0.835. The minimum absolute atomic E-state index is 0.200. The maximum absolute atomic E-state index is 10.9. The van der Waals surface area contributed by atoms with Crippen LogP contribution in [0.15, 0.2) is 0 Å². The largest absolute Gasteiger partial charge is 0.345 e. The van der Waals surface area contributed by atoms with Gasteiger partial charge in [-0.05, 0) is 6.92 Å². The molecule has 0 aromatic carbocycles. The van der Waals surface area contributed by atoms with Crippen molar-refractivity contribution in [1.29, 1.82) is 0 Å². The van der Waals surface area contributed by atoms with Crippen LogP contribution in [0, 0.1) is 0 Å². The fraction of sp³-hybridized carbons (Fsp3) is 1.00. The highest BCUT2D eigenvalue weighted by atomic mass is 35.5. The molecule has 0 amide bonds. The summed E-state index contributed by atoms with van der Waals surface area (Å²) in [5.41, 5.74) is 0. The Morgan fingerprint density at radius 3 is 2.27 bits per heavy atom. The minimum Gasteiger partial charge on any atom is -0.323 e. The van der Waals surface area contributed by atoms with E-state index in [4.69, 9.17) is 39.7 Å². The van der Waals surface area contributed by atoms with Crippen molar-refractivity contribution in [3.05, 3.63) is 0 Å². The molecule has 0 bridgehead atoms. The van der Waals surface area contributed by atoms with Gasteiger partial charge in [0.05, 0.1) is 6.61 Å². The summed E-state index contributed by atoms with van der Waals surface area (Å²) in [6, 6.07) is 0. The Labute approximate surface area is 80.1 Å². The van der Waals surface area contributed by atoms with E-state index in [1.54, 1.807) is 0 Å². The molecule has 0 saturated carbocycles. The van der Waals surface area contributed by atoms with Crippen LogP contribution < -0.4 is 0 Å². The van der Waals surface area contributed by atoms with E-state index < -0.39 is 17.6 Å². The van der Waals surface area contributed by atoms with Gasteiger partial charge >= 0.3 is 7.60 Å². The third kappa shape index (κ3) is 5.29. The summed E-state index contributed by atoms with van der Waals surface area (Å²) in [4.78, 5) is 8.11. The van der Waals surface area contributed by atoms with E-state index in [1.807, 2.05) is 0 Å². The van der Waals surface area contributed by atoms with Gasteiger partial charge in [-0.25, -0.2) is 0 Å². The predicted molar refractivity (Wildman–Crippen MR) is 46.6 cm³/mol. The Morgan fingerprint density at radius 1 is 1.55 bits per heavy atom. The molecule has 68 valence electrons. The molecule has 7 heteroatoms. The second-order valence-electron chi connectivity index (χ2n) is 1.82. The van der Waals surface area contributed by atoms with Crippen molar-refractivity contribution < 1.29 is 14.0 Å². The average Bonchev–Trinajstić information content (AvgIpc) is 1.84. The molecule has 0 saturated heterocycles. The third-order valence-corrected chi connectivity index (χ3v) is 3.25. The fourth-order valence-electron chi connectivity index (χ4n) is 0.266. The molecule has 0 aromatic rings. The first kappa shape index (κ1) is 12.0. The van der Waals surface area contributed by atoms with Crippen molar-refractivity contribution in [2.75, 3.05) is 6.61 Å². The van der Waals surface area contributed by atoms with Crippen LogP contribution in [-0.2, 0) is 9.09 Å². The molecule has 0 aliphatic carbocycles. The molecule has 3 nitrogen and oxygen atoms in total. The molecular formula is C4H8Cl3O3P. The van der Waals surface area contributed by atoms with E-state index in [0.717, 1.165) is 0 Å². The van der Waals surface area contributed by atoms with E-state index in [0.29, 0.717) is 0 Å². The molecule has 11 heavy (non-hydrogen) atoms. The van der Waals surface area contributed by atoms with Crippen molar-refractivity contribution in [2.45, 2.75) is 16.9 Å². The van der Waals surface area contributed by atoms with Crippen LogP contribution in [0.25, 0.3) is 0 Å². The smallest absolute Gasteiger partial charge is 0.323 e. The highest BCUT2D eigenvalue weighted by Crippen LogP contribution is 2.49. The van der Waals surface area contributed by atoms with Crippen molar-refractivity contribution in [3.63, 3.8) is 0 Å². The highest BCUT2D eigenvalue weighted by Gasteiger charge is 2.26. The standard InChI is InChI=1S/C4H8Cl3O3P/c1-3(5)11(8,9)10-2-4(6)7/h3-4H,2H2,1H3,(H,8,9). The van der Waals surface area contributed by atoms with Crippen molar-refractivity contribution in [3.8, 4) is 0 Å². The molecule has 0 heterocycles. The Hall–Kier alpha value is 1.02. The van der Waals surface area contributed by atoms with Gasteiger partial charge in [-0.2, -0.15) is 0 Å². The lowest BCUT2D eigenvalue weighted by atomic mass is 10.9. The molecule has 2 unspecified atom stereocenters. The van der Waals surface area contributed by atoms with Crippen LogP contribution in [0.5, 0.6) is 0 Å². The zero-order valence-corrected chi connectivity index (χ0v) is 8.87. The van der Waals surface area contributed by atoms with Gasteiger partial charge in [0.1, 0.15) is 9.95 Å². The summed E-state index contributed by atoms with van der Waals surface area (Å²) < 4.78 is 15.4. The van der Waals surface area contributed by atoms with Crippen LogP contribution in [0.1, 0.15) is 6.92 Å². The van der Waals surface area contributed by atoms with Gasteiger partial charge in [0.25, 0.3) is 0 Å². The normalized spacial score (nSPS) is 19.8. The Bertz CT molecular complexity index is 161. The zero-order chi connectivity index (χ0) is 9.07. The fourth-order valence-corrected chi connectivity index (χ4v) is 1.30. The van der Waals surface area contributed by atoms with Crippen LogP contribution in [-0.4, -0.2) is 21.5 Å². The molecule has 0 radical (unpaired) electrons. The maximum atomic E-state index is 10.9. The lowest BCUT2D eigenvalue weighted by Gasteiger charge is -2.13. The molecule has 0 spiro atoms. The molecule has 0 fully saturated rings. The molecule has 1 N–H and O–H groups in total. The van der Waals surface area contributed by atoms with Crippen molar-refractivity contribution in [2.24, 2.45) is 0 Å². The maximum Gasteiger partial charge on any atom is 0.345 e. The van der Waals surface area contributed by atoms with Crippen LogP contribution in [0.4, 0.5) is 0 Å². The molecule has 0 aliphatic heterocycles. The van der Waals surface area contributed by atoms with E-state index in [2.05, 4.69) is 4.52 Å². The topological polar surface area (TPSA) is 46.5 Å². The molecule has 0 aromatic heterocycles. The summed E-state index contributed by atoms with van der Waals surface area (Å²) >= 11 is 15.8. The summed E-state index contributed by atoms with van der Waals surface area (Å²) in [6.45, 7) is 1.16. The van der Waals surface area contributed by atoms with Gasteiger partial charge in [0.2, 0.25) is 0 Å². The van der Waals surface area contributed by atoms with Crippen LogP contribution >= 0.6 is 42.4 Å². The molecular weight excluding hydrogens is 233 g/mol. The summed E-state index contributed by atoms with van der Waals surface area (Å²) in [6.07, 6.45) is 0. The molecule has 0 rings (SSSR count). The number of hydrogen-bond donors (Lipinski definition) is 1. The second-order valence-corrected chi connectivity index (χ2v) is 6.22. The summed E-state index contributed by atoms with van der Waals surface area (Å²) in [5.74, 6) is 0. The lowest BCUT2D eigenvalue weighted by molar-refractivity contribution is 0.269. The van der Waals surface area contributed by atoms with Gasteiger partial charge in [-0.1, -0.05) is 0 Å². The lowest BCUT2D eigenvalue weighted by Crippen LogP contribution is -2.04. The highest BCUT2D eigenvalue weighted by molar-refractivity contribution is 7.55. The second kappa shape index (κ2) is 4.90. The monoisotopic (exact) mass is 240 g/mol. The SMILES string of the molecule is CC(Cl)P(=O)(O)OCC(Cl)Cl. The van der Waals surface area contributed by atoms with E-state index in [1.165, 1.54) is 6.92 Å². The Morgan fingerprint density at radius 2 is 2.00 bits per heavy atom. The van der Waals surface area contributed by atoms with E-state index in [-0.39, 0.29) is 6.61 Å². The zero-order valence-electron chi connectivity index (χ0n) is 5.71. The van der Waals surface area contributed by atoms with Crippen molar-refractivity contribution in [1.82, 2.24) is 0 Å². The number of hydrogen-bond acceptors (Lipinski definition) is 2. The first-order chi connectivity index (χ1) is 4.86.